The summed E-state index contributed by atoms with van der Waals surface area (Å²) >= 11 is 0. The van der Waals surface area contributed by atoms with Crippen molar-refractivity contribution in [2.24, 2.45) is 11.5 Å². The van der Waals surface area contributed by atoms with E-state index in [0.717, 1.165) is 25.0 Å². The number of hydrogen-bond acceptors (Lipinski definition) is 3. The van der Waals surface area contributed by atoms with Crippen molar-refractivity contribution in [3.63, 3.8) is 0 Å². The first-order chi connectivity index (χ1) is 9.79. The molecule has 0 aliphatic heterocycles. The zero-order valence-electron chi connectivity index (χ0n) is 11.9. The third-order valence-electron chi connectivity index (χ3n) is 3.10. The Morgan fingerprint density at radius 2 is 2.00 bits per heavy atom. The fourth-order valence-electron chi connectivity index (χ4n) is 2.06. The zero-order chi connectivity index (χ0) is 16.0. The third kappa shape index (κ3) is 4.93. The highest BCUT2D eigenvalue weighted by molar-refractivity contribution is 5.80. The second-order valence-electron chi connectivity index (χ2n) is 4.79. The number of benzene rings is 1. The van der Waals surface area contributed by atoms with Gasteiger partial charge in [0, 0.05) is 18.8 Å². The van der Waals surface area contributed by atoms with Gasteiger partial charge in [0.05, 0.1) is 12.1 Å². The van der Waals surface area contributed by atoms with E-state index in [9.17, 15) is 18.0 Å². The Balaban J connectivity index is 3.14. The van der Waals surface area contributed by atoms with Crippen molar-refractivity contribution >= 4 is 11.6 Å². The molecule has 0 aliphatic carbocycles. The van der Waals surface area contributed by atoms with Crippen LogP contribution in [0.3, 0.4) is 0 Å². The van der Waals surface area contributed by atoms with Gasteiger partial charge in [-0.2, -0.15) is 13.2 Å². The van der Waals surface area contributed by atoms with Crippen molar-refractivity contribution in [3.8, 4) is 0 Å². The van der Waals surface area contributed by atoms with Crippen LogP contribution < -0.4 is 16.4 Å². The van der Waals surface area contributed by atoms with Crippen LogP contribution in [0.4, 0.5) is 18.9 Å². The highest BCUT2D eigenvalue weighted by Gasteiger charge is 2.31. The Bertz CT molecular complexity index is 489. The van der Waals surface area contributed by atoms with Gasteiger partial charge < -0.3 is 16.4 Å². The van der Waals surface area contributed by atoms with Gasteiger partial charge in [-0.15, -0.1) is 0 Å². The first-order valence-corrected chi connectivity index (χ1v) is 6.73. The molecule has 0 radical (unpaired) electrons. The predicted octanol–water partition coefficient (Wildman–Crippen LogP) is 2.26. The Kier molecular flexibility index (Phi) is 6.02. The lowest BCUT2D eigenvalue weighted by Crippen LogP contribution is -2.35. The summed E-state index contributed by atoms with van der Waals surface area (Å²) in [6, 6.07) is 3.37. The number of unbranched alkanes of at least 4 members (excludes halogenated alkanes) is 1. The van der Waals surface area contributed by atoms with E-state index in [0.29, 0.717) is 17.8 Å². The first kappa shape index (κ1) is 17.3. The van der Waals surface area contributed by atoms with Gasteiger partial charge in [-0.05, 0) is 30.2 Å². The number of carbonyl (C=O) groups is 1. The summed E-state index contributed by atoms with van der Waals surface area (Å²) in [5.41, 5.74) is 10.9. The maximum Gasteiger partial charge on any atom is 0.416 e. The van der Waals surface area contributed by atoms with Gasteiger partial charge in [0.2, 0.25) is 5.91 Å². The number of amides is 1. The average molecular weight is 303 g/mol. The highest BCUT2D eigenvalue weighted by atomic mass is 19.4. The average Bonchev–Trinajstić information content (AvgIpc) is 2.41. The Morgan fingerprint density at radius 1 is 1.33 bits per heavy atom. The molecule has 4 N–H and O–H groups in total. The number of nitrogens with zero attached hydrogens (tertiary/aromatic N) is 1. The minimum Gasteiger partial charge on any atom is -0.368 e. The number of carbonyl (C=O) groups excluding carboxylic acids is 1. The van der Waals surface area contributed by atoms with E-state index in [1.807, 2.05) is 6.92 Å². The molecule has 0 atom stereocenters. The van der Waals surface area contributed by atoms with Crippen LogP contribution in [0.1, 0.15) is 30.9 Å². The van der Waals surface area contributed by atoms with Gasteiger partial charge in [-0.1, -0.05) is 13.3 Å². The van der Waals surface area contributed by atoms with E-state index < -0.39 is 17.6 Å². The first-order valence-electron chi connectivity index (χ1n) is 6.73. The summed E-state index contributed by atoms with van der Waals surface area (Å²) in [6.45, 7) is 2.44. The molecular formula is C14H20F3N3O. The summed E-state index contributed by atoms with van der Waals surface area (Å²) in [5.74, 6) is -0.533. The smallest absolute Gasteiger partial charge is 0.368 e. The van der Waals surface area contributed by atoms with E-state index in [-0.39, 0.29) is 13.1 Å². The van der Waals surface area contributed by atoms with Crippen molar-refractivity contribution in [1.82, 2.24) is 0 Å². The third-order valence-corrected chi connectivity index (χ3v) is 3.10. The molecule has 0 saturated heterocycles. The largest absolute Gasteiger partial charge is 0.416 e. The second-order valence-corrected chi connectivity index (χ2v) is 4.79. The van der Waals surface area contributed by atoms with Crippen LogP contribution >= 0.6 is 0 Å². The van der Waals surface area contributed by atoms with Gasteiger partial charge in [-0.3, -0.25) is 4.79 Å². The van der Waals surface area contributed by atoms with Gasteiger partial charge in [0.25, 0.3) is 0 Å². The lowest BCUT2D eigenvalue weighted by atomic mass is 10.1. The molecule has 1 aromatic rings. The van der Waals surface area contributed by atoms with E-state index in [1.165, 1.54) is 6.07 Å². The molecule has 7 heteroatoms. The fourth-order valence-corrected chi connectivity index (χ4v) is 2.06. The second kappa shape index (κ2) is 7.31. The normalized spacial score (nSPS) is 11.5. The van der Waals surface area contributed by atoms with Crippen molar-refractivity contribution in [2.75, 3.05) is 18.0 Å². The molecule has 0 saturated carbocycles. The minimum atomic E-state index is -4.42. The summed E-state index contributed by atoms with van der Waals surface area (Å²) in [5, 5.41) is 0. The molecule has 4 nitrogen and oxygen atoms in total. The number of anilines is 1. The van der Waals surface area contributed by atoms with Gasteiger partial charge in [-0.25, -0.2) is 0 Å². The Hall–Kier alpha value is -1.76. The van der Waals surface area contributed by atoms with Crippen LogP contribution in [-0.2, 0) is 17.5 Å². The zero-order valence-corrected chi connectivity index (χ0v) is 11.9. The molecule has 0 aromatic heterocycles. The van der Waals surface area contributed by atoms with Crippen LogP contribution in [0.25, 0.3) is 0 Å². The van der Waals surface area contributed by atoms with Gasteiger partial charge in [0.15, 0.2) is 0 Å². The number of primary amides is 1. The van der Waals surface area contributed by atoms with Crippen molar-refractivity contribution in [1.29, 1.82) is 0 Å². The molecule has 1 rings (SSSR count). The van der Waals surface area contributed by atoms with Crippen LogP contribution in [0.5, 0.6) is 0 Å². The topological polar surface area (TPSA) is 72.3 Å². The van der Waals surface area contributed by atoms with Crippen LogP contribution in [-0.4, -0.2) is 19.0 Å². The van der Waals surface area contributed by atoms with E-state index in [4.69, 9.17) is 11.5 Å². The Labute approximate surface area is 121 Å². The number of hydrogen-bond donors (Lipinski definition) is 2. The van der Waals surface area contributed by atoms with Gasteiger partial charge in [0.1, 0.15) is 0 Å². The number of halogens is 3. The standard InChI is InChI=1S/C14H20F3N3O/c1-2-3-6-20(9-13(19)21)12-5-4-11(14(15,16)17)7-10(12)8-18/h4-5,7H,2-3,6,8-9,18H2,1H3,(H2,19,21). The number of rotatable bonds is 7. The van der Waals surface area contributed by atoms with Crippen LogP contribution in [0, 0.1) is 0 Å². The summed E-state index contributed by atoms with van der Waals surface area (Å²) in [4.78, 5) is 12.8. The number of alkyl halides is 3. The molecule has 0 unspecified atom stereocenters. The molecule has 1 amide bonds. The molecule has 0 aliphatic rings. The van der Waals surface area contributed by atoms with Crippen molar-refractivity contribution in [3.05, 3.63) is 29.3 Å². The van der Waals surface area contributed by atoms with Crippen LogP contribution in [0.15, 0.2) is 18.2 Å². The maximum absolute atomic E-state index is 12.7. The molecular weight excluding hydrogens is 283 g/mol. The summed E-state index contributed by atoms with van der Waals surface area (Å²) in [6.07, 6.45) is -2.72. The summed E-state index contributed by atoms with van der Waals surface area (Å²) < 4.78 is 38.2. The van der Waals surface area contributed by atoms with E-state index in [1.54, 1.807) is 4.90 Å². The summed E-state index contributed by atoms with van der Waals surface area (Å²) in [7, 11) is 0. The minimum absolute atomic E-state index is 0.0410. The molecule has 1 aromatic carbocycles. The SMILES string of the molecule is CCCCN(CC(N)=O)c1ccc(C(F)(F)F)cc1CN. The fraction of sp³-hybridized carbons (Fsp3) is 0.500. The molecule has 0 fully saturated rings. The monoisotopic (exact) mass is 303 g/mol. The molecule has 0 spiro atoms. The predicted molar refractivity (Wildman–Crippen MR) is 75.7 cm³/mol. The van der Waals surface area contributed by atoms with Crippen molar-refractivity contribution < 1.29 is 18.0 Å². The molecule has 118 valence electrons. The van der Waals surface area contributed by atoms with E-state index in [2.05, 4.69) is 0 Å². The quantitative estimate of drug-likeness (QED) is 0.811. The van der Waals surface area contributed by atoms with E-state index >= 15 is 0 Å². The Morgan fingerprint density at radius 3 is 2.48 bits per heavy atom. The maximum atomic E-state index is 12.7. The molecule has 0 bridgehead atoms. The van der Waals surface area contributed by atoms with Crippen molar-refractivity contribution in [2.45, 2.75) is 32.5 Å². The van der Waals surface area contributed by atoms with Gasteiger partial charge >= 0.3 is 6.18 Å². The number of nitrogens with two attached hydrogens (primary N) is 2. The highest BCUT2D eigenvalue weighted by Crippen LogP contribution is 2.32. The molecule has 21 heavy (non-hydrogen) atoms. The van der Waals surface area contributed by atoms with Crippen LogP contribution in [0.2, 0.25) is 0 Å². The lowest BCUT2D eigenvalue weighted by molar-refractivity contribution is -0.137. The molecule has 0 heterocycles. The lowest BCUT2D eigenvalue weighted by Gasteiger charge is -2.26.